The number of nitrogens with zero attached hydrogens (tertiary/aromatic N) is 2. The molecule has 2 rings (SSSR count). The first-order valence-corrected chi connectivity index (χ1v) is 5.58. The van der Waals surface area contributed by atoms with Crippen molar-refractivity contribution in [3.63, 3.8) is 0 Å². The average Bonchev–Trinajstić information content (AvgIpc) is 2.70. The van der Waals surface area contributed by atoms with E-state index in [4.69, 9.17) is 9.47 Å². The molecular weight excluding hydrogens is 216 g/mol. The molecule has 90 valence electrons. The van der Waals surface area contributed by atoms with Gasteiger partial charge in [-0.25, -0.2) is 4.98 Å². The number of methoxy groups -OCH3 is 1. The smallest absolute Gasteiger partial charge is 0.302 e. The Balaban J connectivity index is 2.24. The van der Waals surface area contributed by atoms with Gasteiger partial charge in [-0.2, -0.15) is 0 Å². The van der Waals surface area contributed by atoms with Crippen molar-refractivity contribution in [2.75, 3.05) is 7.11 Å². The first-order chi connectivity index (χ1) is 8.24. The second-order valence-electron chi connectivity index (χ2n) is 3.71. The third-order valence-corrected chi connectivity index (χ3v) is 2.59. The standard InChI is InChI=1S/C13H16N2O2/c1-4-15-10(2)9-14-13(15)17-12-7-5-6-11(8-12)16-3/h5-9H,4H2,1-3H3. The van der Waals surface area contributed by atoms with Crippen molar-refractivity contribution in [2.45, 2.75) is 20.4 Å². The molecule has 1 heterocycles. The number of hydrogen-bond donors (Lipinski definition) is 0. The molecule has 0 saturated carbocycles. The zero-order valence-electron chi connectivity index (χ0n) is 10.3. The van der Waals surface area contributed by atoms with E-state index < -0.39 is 0 Å². The summed E-state index contributed by atoms with van der Waals surface area (Å²) in [6.07, 6.45) is 1.80. The van der Waals surface area contributed by atoms with Gasteiger partial charge >= 0.3 is 6.01 Å². The fraction of sp³-hybridized carbons (Fsp3) is 0.308. The van der Waals surface area contributed by atoms with Gasteiger partial charge in [0.2, 0.25) is 0 Å². The van der Waals surface area contributed by atoms with Gasteiger partial charge in [0.1, 0.15) is 11.5 Å². The van der Waals surface area contributed by atoms with Crippen LogP contribution in [0.15, 0.2) is 30.5 Å². The highest BCUT2D eigenvalue weighted by atomic mass is 16.5. The summed E-state index contributed by atoms with van der Waals surface area (Å²) in [7, 11) is 1.64. The van der Waals surface area contributed by atoms with Gasteiger partial charge < -0.3 is 9.47 Å². The van der Waals surface area contributed by atoms with Gasteiger partial charge in [0, 0.05) is 18.3 Å². The van der Waals surface area contributed by atoms with Crippen LogP contribution in [0.1, 0.15) is 12.6 Å². The molecule has 0 spiro atoms. The molecule has 1 aromatic carbocycles. The third kappa shape index (κ3) is 2.41. The normalized spacial score (nSPS) is 10.3. The molecule has 0 N–H and O–H groups in total. The van der Waals surface area contributed by atoms with Crippen LogP contribution in [0.25, 0.3) is 0 Å². The zero-order chi connectivity index (χ0) is 12.3. The summed E-state index contributed by atoms with van der Waals surface area (Å²) < 4.78 is 12.9. The molecule has 0 amide bonds. The maximum Gasteiger partial charge on any atom is 0.302 e. The van der Waals surface area contributed by atoms with Crippen molar-refractivity contribution < 1.29 is 9.47 Å². The summed E-state index contributed by atoms with van der Waals surface area (Å²) in [5, 5.41) is 0. The molecule has 0 bridgehead atoms. The largest absolute Gasteiger partial charge is 0.497 e. The molecule has 0 atom stereocenters. The molecular formula is C13H16N2O2. The van der Waals surface area contributed by atoms with Crippen molar-refractivity contribution in [3.8, 4) is 17.5 Å². The summed E-state index contributed by atoms with van der Waals surface area (Å²) in [5.74, 6) is 1.50. The SMILES string of the molecule is CCn1c(C)cnc1Oc1cccc(OC)c1. The van der Waals surface area contributed by atoms with Crippen LogP contribution in [-0.2, 0) is 6.54 Å². The van der Waals surface area contributed by atoms with E-state index in [1.54, 1.807) is 13.3 Å². The lowest BCUT2D eigenvalue weighted by molar-refractivity contribution is 0.395. The topological polar surface area (TPSA) is 36.3 Å². The van der Waals surface area contributed by atoms with E-state index in [0.717, 1.165) is 23.7 Å². The fourth-order valence-corrected chi connectivity index (χ4v) is 1.68. The van der Waals surface area contributed by atoms with E-state index in [9.17, 15) is 0 Å². The van der Waals surface area contributed by atoms with Crippen molar-refractivity contribution in [1.29, 1.82) is 0 Å². The van der Waals surface area contributed by atoms with Crippen molar-refractivity contribution in [2.24, 2.45) is 0 Å². The maximum atomic E-state index is 5.74. The minimum atomic E-state index is 0.609. The van der Waals surface area contributed by atoms with Crippen LogP contribution in [0.2, 0.25) is 0 Å². The lowest BCUT2D eigenvalue weighted by Crippen LogP contribution is -2.00. The Labute approximate surface area is 101 Å². The predicted molar refractivity (Wildman–Crippen MR) is 65.7 cm³/mol. The number of aryl methyl sites for hydroxylation is 1. The van der Waals surface area contributed by atoms with Crippen LogP contribution in [-0.4, -0.2) is 16.7 Å². The van der Waals surface area contributed by atoms with Crippen LogP contribution in [0.3, 0.4) is 0 Å². The molecule has 17 heavy (non-hydrogen) atoms. The summed E-state index contributed by atoms with van der Waals surface area (Å²) in [5.41, 5.74) is 1.09. The van der Waals surface area contributed by atoms with Gasteiger partial charge in [-0.3, -0.25) is 4.57 Å². The van der Waals surface area contributed by atoms with Gasteiger partial charge in [0.05, 0.1) is 13.3 Å². The van der Waals surface area contributed by atoms with Crippen molar-refractivity contribution >= 4 is 0 Å². The molecule has 2 aromatic rings. The zero-order valence-corrected chi connectivity index (χ0v) is 10.3. The van der Waals surface area contributed by atoms with Gasteiger partial charge in [-0.05, 0) is 26.0 Å². The molecule has 0 aliphatic heterocycles. The van der Waals surface area contributed by atoms with Gasteiger partial charge in [-0.1, -0.05) is 6.07 Å². The Bertz CT molecular complexity index is 506. The number of rotatable bonds is 4. The monoisotopic (exact) mass is 232 g/mol. The van der Waals surface area contributed by atoms with E-state index in [0.29, 0.717) is 6.01 Å². The Morgan fingerprint density at radius 1 is 1.29 bits per heavy atom. The first-order valence-electron chi connectivity index (χ1n) is 5.58. The summed E-state index contributed by atoms with van der Waals surface area (Å²) >= 11 is 0. The van der Waals surface area contributed by atoms with E-state index >= 15 is 0 Å². The van der Waals surface area contributed by atoms with Gasteiger partial charge in [0.25, 0.3) is 0 Å². The lowest BCUT2D eigenvalue weighted by atomic mass is 10.3. The number of imidazole rings is 1. The number of hydrogen-bond acceptors (Lipinski definition) is 3. The van der Waals surface area contributed by atoms with Gasteiger partial charge in [-0.15, -0.1) is 0 Å². The van der Waals surface area contributed by atoms with E-state index in [2.05, 4.69) is 11.9 Å². The minimum Gasteiger partial charge on any atom is -0.497 e. The molecule has 1 aromatic heterocycles. The molecule has 0 fully saturated rings. The predicted octanol–water partition coefficient (Wildman–Crippen LogP) is 3.01. The third-order valence-electron chi connectivity index (χ3n) is 2.59. The van der Waals surface area contributed by atoms with Crippen molar-refractivity contribution in [1.82, 2.24) is 9.55 Å². The highest BCUT2D eigenvalue weighted by molar-refractivity contribution is 5.34. The average molecular weight is 232 g/mol. The molecule has 4 nitrogen and oxygen atoms in total. The minimum absolute atomic E-state index is 0.609. The Hall–Kier alpha value is -1.97. The highest BCUT2D eigenvalue weighted by Crippen LogP contribution is 2.24. The summed E-state index contributed by atoms with van der Waals surface area (Å²) in [6, 6.07) is 8.10. The molecule has 0 radical (unpaired) electrons. The first kappa shape index (κ1) is 11.5. The van der Waals surface area contributed by atoms with Crippen LogP contribution in [0.4, 0.5) is 0 Å². The summed E-state index contributed by atoms with van der Waals surface area (Å²) in [4.78, 5) is 4.24. The lowest BCUT2D eigenvalue weighted by Gasteiger charge is -2.09. The molecule has 0 aliphatic carbocycles. The van der Waals surface area contributed by atoms with E-state index in [-0.39, 0.29) is 0 Å². The van der Waals surface area contributed by atoms with E-state index in [1.807, 2.05) is 35.8 Å². The molecule has 0 unspecified atom stereocenters. The number of aromatic nitrogens is 2. The molecule has 0 saturated heterocycles. The maximum absolute atomic E-state index is 5.74. The number of ether oxygens (including phenoxy) is 2. The molecule has 0 aliphatic rings. The Kier molecular flexibility index (Phi) is 3.32. The second-order valence-corrected chi connectivity index (χ2v) is 3.71. The van der Waals surface area contributed by atoms with Crippen molar-refractivity contribution in [3.05, 3.63) is 36.2 Å². The van der Waals surface area contributed by atoms with Crippen LogP contribution >= 0.6 is 0 Å². The van der Waals surface area contributed by atoms with Crippen LogP contribution in [0.5, 0.6) is 17.5 Å². The number of benzene rings is 1. The fourth-order valence-electron chi connectivity index (χ4n) is 1.68. The van der Waals surface area contributed by atoms with E-state index in [1.165, 1.54) is 0 Å². The molecule has 4 heteroatoms. The Morgan fingerprint density at radius 2 is 2.06 bits per heavy atom. The van der Waals surface area contributed by atoms with Crippen LogP contribution in [0, 0.1) is 6.92 Å². The highest BCUT2D eigenvalue weighted by Gasteiger charge is 2.07. The second kappa shape index (κ2) is 4.91. The quantitative estimate of drug-likeness (QED) is 0.813. The Morgan fingerprint density at radius 3 is 2.76 bits per heavy atom. The van der Waals surface area contributed by atoms with Gasteiger partial charge in [0.15, 0.2) is 0 Å². The van der Waals surface area contributed by atoms with Crippen LogP contribution < -0.4 is 9.47 Å². The summed E-state index contributed by atoms with van der Waals surface area (Å²) in [6.45, 7) is 4.91.